The maximum atomic E-state index is 4.72. The van der Waals surface area contributed by atoms with Crippen LogP contribution in [-0.4, -0.2) is 14.4 Å². The Hall–Kier alpha value is -4.93. The van der Waals surface area contributed by atoms with Gasteiger partial charge in [-0.2, -0.15) is 0 Å². The predicted molar refractivity (Wildman–Crippen MR) is 203 cm³/mol. The van der Waals surface area contributed by atoms with E-state index in [0.717, 1.165) is 22.5 Å². The van der Waals surface area contributed by atoms with E-state index in [2.05, 4.69) is 121 Å². The Morgan fingerprint density at radius 1 is 0.592 bits per heavy atom. The fourth-order valence-electron chi connectivity index (χ4n) is 6.97. The summed E-state index contributed by atoms with van der Waals surface area (Å²) in [6, 6.07) is 49.3. The molecule has 5 heteroatoms. The van der Waals surface area contributed by atoms with Crippen molar-refractivity contribution in [2.75, 3.05) is 0 Å². The standard InChI is InChI=1S/C33H23N2S.C11H8N.Ir/c1-33(2,3)20-15-16-34-26(18-20)19-11-13-27-25(17-19)22-9-6-8-21-23-12-14-29-30(32(23)35(27)31(21)22)24-7-4-5-10-28(24)36-29;1-2-6-10(7-3-1)11-8-4-5-9-12-11;/h4-10,12-18H,1-3H3;1-6,8-9H;/q2*-1;. The number of fused-ring (bicyclic) bond motifs is 10. The molecule has 0 unspecified atom stereocenters. The topological polar surface area (TPSA) is 30.2 Å². The monoisotopic (exact) mass is 826 g/mol. The van der Waals surface area contributed by atoms with E-state index in [-0.39, 0.29) is 25.5 Å². The van der Waals surface area contributed by atoms with Crippen LogP contribution in [0.15, 0.2) is 134 Å². The molecule has 0 saturated heterocycles. The molecular weight excluding hydrogens is 795 g/mol. The molecule has 5 aromatic carbocycles. The van der Waals surface area contributed by atoms with E-state index in [1.807, 2.05) is 60.0 Å². The van der Waals surface area contributed by atoms with Gasteiger partial charge in [-0.3, -0.25) is 0 Å². The molecule has 0 N–H and O–H groups in total. The molecular formula is C44H31IrN3S-2. The number of nitrogens with zero attached hydrogens (tertiary/aromatic N) is 3. The van der Waals surface area contributed by atoms with Gasteiger partial charge >= 0.3 is 0 Å². The molecule has 10 rings (SSSR count). The molecule has 0 amide bonds. The zero-order chi connectivity index (χ0) is 32.4. The Morgan fingerprint density at radius 3 is 2.14 bits per heavy atom. The zero-order valence-electron chi connectivity index (χ0n) is 27.3. The van der Waals surface area contributed by atoms with Crippen LogP contribution in [0.25, 0.3) is 80.8 Å². The van der Waals surface area contributed by atoms with E-state index in [1.54, 1.807) is 6.20 Å². The number of benzene rings is 5. The molecule has 5 heterocycles. The molecule has 239 valence electrons. The second-order valence-electron chi connectivity index (χ2n) is 13.3. The Labute approximate surface area is 302 Å². The summed E-state index contributed by atoms with van der Waals surface area (Å²) < 4.78 is 5.15. The maximum Gasteiger partial charge on any atom is 0.0547 e. The van der Waals surface area contributed by atoms with E-state index >= 15 is 0 Å². The average molecular weight is 826 g/mol. The van der Waals surface area contributed by atoms with Gasteiger partial charge in [0.15, 0.2) is 0 Å². The Morgan fingerprint density at radius 2 is 1.35 bits per heavy atom. The first-order valence-corrected chi connectivity index (χ1v) is 17.1. The molecule has 0 bridgehead atoms. The SMILES string of the molecule is CC(C)(C)c1ccnc(-c2[c-]cc3c(c2)c2cccc4c5ccc6sc7ccccc7c6c5n3c24)c1.[Ir].[c-]1ccccc1-c1ccccn1. The van der Waals surface area contributed by atoms with Crippen LogP contribution in [0, 0.1) is 12.1 Å². The minimum atomic E-state index is 0. The van der Waals surface area contributed by atoms with E-state index < -0.39 is 0 Å². The van der Waals surface area contributed by atoms with Crippen LogP contribution >= 0.6 is 11.3 Å². The van der Waals surface area contributed by atoms with E-state index in [0.29, 0.717) is 0 Å². The second-order valence-corrected chi connectivity index (χ2v) is 14.4. The molecule has 0 fully saturated rings. The Balaban J connectivity index is 0.000000228. The van der Waals surface area contributed by atoms with Gasteiger partial charge in [-0.1, -0.05) is 86.8 Å². The number of hydrogen-bond donors (Lipinski definition) is 0. The van der Waals surface area contributed by atoms with Crippen molar-refractivity contribution >= 4 is 69.6 Å². The van der Waals surface area contributed by atoms with E-state index in [9.17, 15) is 0 Å². The zero-order valence-corrected chi connectivity index (χ0v) is 30.5. The maximum absolute atomic E-state index is 4.72. The van der Waals surface area contributed by atoms with Crippen molar-refractivity contribution in [2.24, 2.45) is 0 Å². The number of rotatable bonds is 2. The molecule has 10 aromatic rings. The molecule has 0 aliphatic heterocycles. The summed E-state index contributed by atoms with van der Waals surface area (Å²) in [7, 11) is 0. The quantitative estimate of drug-likeness (QED) is 0.163. The van der Waals surface area contributed by atoms with Gasteiger partial charge in [-0.15, -0.1) is 71.0 Å². The van der Waals surface area contributed by atoms with Crippen molar-refractivity contribution in [1.29, 1.82) is 0 Å². The van der Waals surface area contributed by atoms with Crippen LogP contribution in [0.4, 0.5) is 0 Å². The van der Waals surface area contributed by atoms with E-state index in [1.165, 1.54) is 63.8 Å². The van der Waals surface area contributed by atoms with Gasteiger partial charge in [0.1, 0.15) is 0 Å². The van der Waals surface area contributed by atoms with E-state index in [4.69, 9.17) is 4.98 Å². The van der Waals surface area contributed by atoms with Gasteiger partial charge in [0.05, 0.1) is 11.0 Å². The Kier molecular flexibility index (Phi) is 7.80. The smallest absolute Gasteiger partial charge is 0.0547 e. The largest absolute Gasteiger partial charge is 0.349 e. The molecule has 49 heavy (non-hydrogen) atoms. The van der Waals surface area contributed by atoms with Crippen molar-refractivity contribution in [3.8, 4) is 22.5 Å². The van der Waals surface area contributed by atoms with Gasteiger partial charge in [-0.05, 0) is 57.5 Å². The van der Waals surface area contributed by atoms with Gasteiger partial charge in [0.2, 0.25) is 0 Å². The van der Waals surface area contributed by atoms with Crippen LogP contribution in [0.5, 0.6) is 0 Å². The summed E-state index contributed by atoms with van der Waals surface area (Å²) in [5.41, 5.74) is 9.19. The van der Waals surface area contributed by atoms with Gasteiger partial charge in [-0.25, -0.2) is 0 Å². The van der Waals surface area contributed by atoms with Gasteiger partial charge in [0.25, 0.3) is 0 Å². The first kappa shape index (κ1) is 31.3. The minimum absolute atomic E-state index is 0. The van der Waals surface area contributed by atoms with Crippen molar-refractivity contribution < 1.29 is 20.1 Å². The first-order chi connectivity index (χ1) is 23.5. The van der Waals surface area contributed by atoms with Gasteiger partial charge in [0, 0.05) is 63.4 Å². The summed E-state index contributed by atoms with van der Waals surface area (Å²) in [6.45, 7) is 6.73. The molecule has 0 saturated carbocycles. The fraction of sp³-hybridized carbons (Fsp3) is 0.0909. The fourth-order valence-corrected chi connectivity index (χ4v) is 8.08. The molecule has 5 aromatic heterocycles. The molecule has 0 aliphatic rings. The first-order valence-electron chi connectivity index (χ1n) is 16.2. The van der Waals surface area contributed by atoms with Gasteiger partial charge < -0.3 is 14.4 Å². The summed E-state index contributed by atoms with van der Waals surface area (Å²) >= 11 is 1.88. The van der Waals surface area contributed by atoms with Crippen LogP contribution in [0.3, 0.4) is 0 Å². The number of pyridine rings is 2. The summed E-state index contributed by atoms with van der Waals surface area (Å²) in [4.78, 5) is 8.93. The van der Waals surface area contributed by atoms with Crippen LogP contribution in [0.1, 0.15) is 26.3 Å². The number of aromatic nitrogens is 3. The van der Waals surface area contributed by atoms with Crippen LogP contribution in [0.2, 0.25) is 0 Å². The summed E-state index contributed by atoms with van der Waals surface area (Å²) in [6.07, 6.45) is 3.71. The minimum Gasteiger partial charge on any atom is -0.349 e. The third kappa shape index (κ3) is 5.21. The molecule has 3 nitrogen and oxygen atoms in total. The van der Waals surface area contributed by atoms with Crippen molar-refractivity contribution in [3.05, 3.63) is 151 Å². The van der Waals surface area contributed by atoms with Crippen molar-refractivity contribution in [3.63, 3.8) is 0 Å². The number of hydrogen-bond acceptors (Lipinski definition) is 3. The van der Waals surface area contributed by atoms with Crippen molar-refractivity contribution in [1.82, 2.24) is 14.4 Å². The summed E-state index contributed by atoms with van der Waals surface area (Å²) in [5.74, 6) is 0. The van der Waals surface area contributed by atoms with Crippen molar-refractivity contribution in [2.45, 2.75) is 26.2 Å². The third-order valence-electron chi connectivity index (χ3n) is 9.30. The number of thiophene rings is 1. The Bertz CT molecular complexity index is 2720. The second kappa shape index (κ2) is 12.2. The number of para-hydroxylation sites is 1. The van der Waals surface area contributed by atoms with Crippen LogP contribution < -0.4 is 0 Å². The summed E-state index contributed by atoms with van der Waals surface area (Å²) in [5, 5.41) is 7.86. The van der Waals surface area contributed by atoms with Crippen LogP contribution in [-0.2, 0) is 25.5 Å². The molecule has 0 aliphatic carbocycles. The molecule has 1 radical (unpaired) electrons. The predicted octanol–water partition coefficient (Wildman–Crippen LogP) is 11.9. The average Bonchev–Trinajstić information content (AvgIpc) is 3.79. The third-order valence-corrected chi connectivity index (χ3v) is 10.4. The molecule has 0 spiro atoms. The normalized spacial score (nSPS) is 11.8. The molecule has 0 atom stereocenters.